The van der Waals surface area contributed by atoms with Gasteiger partial charge in [-0.05, 0) is 24.0 Å². The van der Waals surface area contributed by atoms with Gasteiger partial charge in [0, 0.05) is 23.6 Å². The Bertz CT molecular complexity index is 693. The second-order valence-corrected chi connectivity index (χ2v) is 5.12. The molecule has 0 unspecified atom stereocenters. The van der Waals surface area contributed by atoms with Crippen LogP contribution in [-0.4, -0.2) is 11.2 Å². The molecule has 0 amide bonds. The third-order valence-corrected chi connectivity index (χ3v) is 3.77. The van der Waals surface area contributed by atoms with E-state index in [0.717, 1.165) is 16.1 Å². The molecule has 2 rings (SSSR count). The van der Waals surface area contributed by atoms with Gasteiger partial charge in [-0.25, -0.2) is 0 Å². The van der Waals surface area contributed by atoms with E-state index in [-0.39, 0.29) is 5.69 Å². The highest BCUT2D eigenvalue weighted by atomic mass is 32.2. The highest BCUT2D eigenvalue weighted by molar-refractivity contribution is 7.98. The Balaban J connectivity index is 2.13. The molecule has 0 bridgehead atoms. The maximum Gasteiger partial charge on any atom is 0.269 e. The van der Waals surface area contributed by atoms with Crippen LogP contribution in [0, 0.1) is 21.4 Å². The first-order valence-corrected chi connectivity index (χ1v) is 7.42. The Hall–Kier alpha value is -2.52. The van der Waals surface area contributed by atoms with Gasteiger partial charge in [0.2, 0.25) is 0 Å². The molecule has 21 heavy (non-hydrogen) atoms. The van der Waals surface area contributed by atoms with Crippen molar-refractivity contribution in [1.82, 2.24) is 0 Å². The highest BCUT2D eigenvalue weighted by Crippen LogP contribution is 2.26. The van der Waals surface area contributed by atoms with Crippen LogP contribution in [0.3, 0.4) is 0 Å². The summed E-state index contributed by atoms with van der Waals surface area (Å²) in [5.41, 5.74) is 2.37. The lowest BCUT2D eigenvalue weighted by Crippen LogP contribution is -2.02. The van der Waals surface area contributed by atoms with Crippen molar-refractivity contribution in [3.8, 4) is 6.07 Å². The van der Waals surface area contributed by atoms with Gasteiger partial charge in [-0.3, -0.25) is 10.1 Å². The molecular formula is C15H13N3O2S. The van der Waals surface area contributed by atoms with E-state index in [9.17, 15) is 15.4 Å². The molecule has 0 aliphatic carbocycles. The largest absolute Gasteiger partial charge is 0.380 e. The number of nitrogens with one attached hydrogen (secondary N) is 1. The Labute approximate surface area is 126 Å². The Morgan fingerprint density at radius 1 is 1.29 bits per heavy atom. The monoisotopic (exact) mass is 299 g/mol. The minimum Gasteiger partial charge on any atom is -0.380 e. The summed E-state index contributed by atoms with van der Waals surface area (Å²) < 4.78 is 0. The quantitative estimate of drug-likeness (QED) is 0.516. The topological polar surface area (TPSA) is 79.0 Å². The number of hydrogen-bond donors (Lipinski definition) is 1. The third kappa shape index (κ3) is 3.52. The summed E-state index contributed by atoms with van der Waals surface area (Å²) in [6, 6.07) is 14.2. The molecule has 0 spiro atoms. The Morgan fingerprint density at radius 3 is 2.57 bits per heavy atom. The van der Waals surface area contributed by atoms with Crippen molar-refractivity contribution in [2.75, 3.05) is 11.6 Å². The molecule has 0 atom stereocenters. The standard InChI is InChI=1S/C15H13N3O2S/c1-21-15-4-2-3-14(13(15)9-16)17-10-11-5-7-12(8-6-11)18(19)20/h2-8,17H,10H2,1H3. The summed E-state index contributed by atoms with van der Waals surface area (Å²) in [6.07, 6.45) is 1.93. The molecule has 0 aliphatic heterocycles. The first-order chi connectivity index (χ1) is 10.2. The van der Waals surface area contributed by atoms with Gasteiger partial charge in [0.15, 0.2) is 0 Å². The lowest BCUT2D eigenvalue weighted by molar-refractivity contribution is -0.384. The molecule has 0 aliphatic rings. The molecule has 0 aromatic heterocycles. The minimum atomic E-state index is -0.424. The SMILES string of the molecule is CSc1cccc(NCc2ccc([N+](=O)[O-])cc2)c1C#N. The van der Waals surface area contributed by atoms with Gasteiger partial charge >= 0.3 is 0 Å². The first-order valence-electron chi connectivity index (χ1n) is 6.20. The van der Waals surface area contributed by atoms with E-state index >= 15 is 0 Å². The van der Waals surface area contributed by atoms with Crippen molar-refractivity contribution in [3.05, 3.63) is 63.7 Å². The molecule has 0 radical (unpaired) electrons. The second-order valence-electron chi connectivity index (χ2n) is 4.27. The first kappa shape index (κ1) is 14.9. The number of nitrogens with zero attached hydrogens (tertiary/aromatic N) is 2. The van der Waals surface area contributed by atoms with Crippen LogP contribution in [0.4, 0.5) is 11.4 Å². The van der Waals surface area contributed by atoms with Crippen LogP contribution < -0.4 is 5.32 Å². The number of anilines is 1. The molecule has 0 saturated carbocycles. The smallest absolute Gasteiger partial charge is 0.269 e. The maximum absolute atomic E-state index is 10.6. The molecule has 0 saturated heterocycles. The number of rotatable bonds is 5. The Morgan fingerprint density at radius 2 is 2.00 bits per heavy atom. The van der Waals surface area contributed by atoms with Crippen molar-refractivity contribution >= 4 is 23.1 Å². The fourth-order valence-electron chi connectivity index (χ4n) is 1.90. The van der Waals surface area contributed by atoms with Crippen LogP contribution in [0.15, 0.2) is 47.4 Å². The molecule has 0 fully saturated rings. The highest BCUT2D eigenvalue weighted by Gasteiger charge is 2.08. The summed E-state index contributed by atoms with van der Waals surface area (Å²) in [4.78, 5) is 11.1. The summed E-state index contributed by atoms with van der Waals surface area (Å²) >= 11 is 1.52. The minimum absolute atomic E-state index is 0.0702. The number of nitro benzene ring substituents is 1. The number of benzene rings is 2. The second kappa shape index (κ2) is 6.77. The molecule has 2 aromatic rings. The van der Waals surface area contributed by atoms with Crippen molar-refractivity contribution in [1.29, 1.82) is 5.26 Å². The van der Waals surface area contributed by atoms with Crippen LogP contribution in [0.1, 0.15) is 11.1 Å². The van der Waals surface area contributed by atoms with Gasteiger partial charge in [0.05, 0.1) is 16.2 Å². The van der Waals surface area contributed by atoms with Gasteiger partial charge in [0.1, 0.15) is 6.07 Å². The van der Waals surface area contributed by atoms with Gasteiger partial charge < -0.3 is 5.32 Å². The lowest BCUT2D eigenvalue weighted by atomic mass is 10.1. The number of nitriles is 1. The number of thioether (sulfide) groups is 1. The molecular weight excluding hydrogens is 286 g/mol. The van der Waals surface area contributed by atoms with Gasteiger partial charge in [-0.2, -0.15) is 5.26 Å². The fraction of sp³-hybridized carbons (Fsp3) is 0.133. The molecule has 6 heteroatoms. The molecule has 1 N–H and O–H groups in total. The van der Waals surface area contributed by atoms with Crippen molar-refractivity contribution in [3.63, 3.8) is 0 Å². The molecule has 106 valence electrons. The Kier molecular flexibility index (Phi) is 4.80. The zero-order valence-electron chi connectivity index (χ0n) is 11.4. The number of nitro groups is 1. The van der Waals surface area contributed by atoms with Gasteiger partial charge in [-0.15, -0.1) is 11.8 Å². The van der Waals surface area contributed by atoms with E-state index < -0.39 is 4.92 Å². The average molecular weight is 299 g/mol. The zero-order chi connectivity index (χ0) is 15.2. The van der Waals surface area contributed by atoms with Crippen LogP contribution in [-0.2, 0) is 6.54 Å². The average Bonchev–Trinajstić information content (AvgIpc) is 2.52. The van der Waals surface area contributed by atoms with E-state index in [1.807, 2.05) is 24.5 Å². The number of non-ortho nitro benzene ring substituents is 1. The van der Waals surface area contributed by atoms with E-state index in [2.05, 4.69) is 11.4 Å². The van der Waals surface area contributed by atoms with E-state index in [1.54, 1.807) is 12.1 Å². The third-order valence-electron chi connectivity index (χ3n) is 2.99. The molecule has 5 nitrogen and oxygen atoms in total. The predicted octanol–water partition coefficient (Wildman–Crippen LogP) is 3.80. The van der Waals surface area contributed by atoms with Crippen LogP contribution in [0.25, 0.3) is 0 Å². The van der Waals surface area contributed by atoms with Gasteiger partial charge in [-0.1, -0.05) is 18.2 Å². The van der Waals surface area contributed by atoms with E-state index in [4.69, 9.17) is 0 Å². The van der Waals surface area contributed by atoms with E-state index in [0.29, 0.717) is 12.1 Å². The van der Waals surface area contributed by atoms with Crippen LogP contribution in [0.2, 0.25) is 0 Å². The summed E-state index contributed by atoms with van der Waals surface area (Å²) in [7, 11) is 0. The number of hydrogen-bond acceptors (Lipinski definition) is 5. The predicted molar refractivity (Wildman–Crippen MR) is 83.4 cm³/mol. The van der Waals surface area contributed by atoms with Crippen LogP contribution >= 0.6 is 11.8 Å². The lowest BCUT2D eigenvalue weighted by Gasteiger charge is -2.10. The zero-order valence-corrected chi connectivity index (χ0v) is 12.2. The summed E-state index contributed by atoms with van der Waals surface area (Å²) in [6.45, 7) is 0.504. The van der Waals surface area contributed by atoms with Crippen molar-refractivity contribution in [2.45, 2.75) is 11.4 Å². The molecule has 2 aromatic carbocycles. The van der Waals surface area contributed by atoms with Crippen LogP contribution in [0.5, 0.6) is 0 Å². The van der Waals surface area contributed by atoms with Crippen molar-refractivity contribution in [2.24, 2.45) is 0 Å². The summed E-state index contributed by atoms with van der Waals surface area (Å²) in [5, 5.41) is 23.0. The van der Waals surface area contributed by atoms with E-state index in [1.165, 1.54) is 23.9 Å². The fourth-order valence-corrected chi connectivity index (χ4v) is 2.47. The van der Waals surface area contributed by atoms with Gasteiger partial charge in [0.25, 0.3) is 5.69 Å². The van der Waals surface area contributed by atoms with Crippen molar-refractivity contribution < 1.29 is 4.92 Å². The summed E-state index contributed by atoms with van der Waals surface area (Å²) in [5.74, 6) is 0. The molecule has 0 heterocycles. The maximum atomic E-state index is 10.6. The normalized spacial score (nSPS) is 9.90.